The van der Waals surface area contributed by atoms with Gasteiger partial charge in [-0.05, 0) is 31.5 Å². The average molecular weight is 250 g/mol. The Kier molecular flexibility index (Phi) is 4.98. The van der Waals surface area contributed by atoms with Gasteiger partial charge in [-0.1, -0.05) is 17.3 Å². The van der Waals surface area contributed by atoms with Crippen molar-refractivity contribution in [3.63, 3.8) is 0 Å². The van der Waals surface area contributed by atoms with Crippen LogP contribution in [0.3, 0.4) is 0 Å². The number of oxime groups is 1. The summed E-state index contributed by atoms with van der Waals surface area (Å²) in [6.45, 7) is 4.32. The summed E-state index contributed by atoms with van der Waals surface area (Å²) >= 11 is 0. The number of urea groups is 1. The maximum absolute atomic E-state index is 11.9. The minimum atomic E-state index is -0.283. The predicted octanol–water partition coefficient (Wildman–Crippen LogP) is 1.60. The van der Waals surface area contributed by atoms with Crippen LogP contribution in [0.15, 0.2) is 29.4 Å². The van der Waals surface area contributed by atoms with Gasteiger partial charge in [0.2, 0.25) is 0 Å². The van der Waals surface area contributed by atoms with E-state index in [-0.39, 0.29) is 18.4 Å². The van der Waals surface area contributed by atoms with Crippen molar-refractivity contribution < 1.29 is 10.0 Å². The minimum absolute atomic E-state index is 0.00348. The quantitative estimate of drug-likeness (QED) is 0.328. The SMILES string of the molecule is CCN(CC(N)=NO)C(=O)Nc1cccc(C)c1. The molecule has 0 unspecified atom stereocenters. The number of rotatable bonds is 4. The molecule has 1 aromatic rings. The summed E-state index contributed by atoms with van der Waals surface area (Å²) in [6.07, 6.45) is 0. The maximum Gasteiger partial charge on any atom is 0.322 e. The van der Waals surface area contributed by atoms with Crippen LogP contribution < -0.4 is 11.1 Å². The molecule has 2 amide bonds. The van der Waals surface area contributed by atoms with Crippen molar-refractivity contribution in [2.75, 3.05) is 18.4 Å². The van der Waals surface area contributed by atoms with E-state index in [4.69, 9.17) is 10.9 Å². The number of amidine groups is 1. The number of aryl methyl sites for hydroxylation is 1. The van der Waals surface area contributed by atoms with E-state index in [9.17, 15) is 4.79 Å². The average Bonchev–Trinajstić information content (AvgIpc) is 2.35. The second-order valence-electron chi connectivity index (χ2n) is 3.91. The second kappa shape index (κ2) is 6.48. The molecule has 1 aromatic carbocycles. The number of hydrogen-bond donors (Lipinski definition) is 3. The van der Waals surface area contributed by atoms with Crippen LogP contribution >= 0.6 is 0 Å². The van der Waals surface area contributed by atoms with Crippen molar-refractivity contribution in [2.45, 2.75) is 13.8 Å². The summed E-state index contributed by atoms with van der Waals surface area (Å²) in [4.78, 5) is 13.4. The Morgan fingerprint density at radius 3 is 2.83 bits per heavy atom. The van der Waals surface area contributed by atoms with Crippen LogP contribution in [0.5, 0.6) is 0 Å². The van der Waals surface area contributed by atoms with Crippen molar-refractivity contribution in [1.82, 2.24) is 4.90 Å². The van der Waals surface area contributed by atoms with Gasteiger partial charge >= 0.3 is 6.03 Å². The third-order valence-corrected chi connectivity index (χ3v) is 2.42. The number of anilines is 1. The highest BCUT2D eigenvalue weighted by atomic mass is 16.4. The fourth-order valence-corrected chi connectivity index (χ4v) is 1.48. The van der Waals surface area contributed by atoms with E-state index < -0.39 is 0 Å². The molecule has 0 aliphatic heterocycles. The Morgan fingerprint density at radius 1 is 1.56 bits per heavy atom. The highest BCUT2D eigenvalue weighted by Crippen LogP contribution is 2.10. The van der Waals surface area contributed by atoms with Gasteiger partial charge in [0.1, 0.15) is 0 Å². The van der Waals surface area contributed by atoms with Gasteiger partial charge in [-0.3, -0.25) is 0 Å². The monoisotopic (exact) mass is 250 g/mol. The van der Waals surface area contributed by atoms with Crippen LogP contribution in [0.25, 0.3) is 0 Å². The Morgan fingerprint density at radius 2 is 2.28 bits per heavy atom. The molecule has 0 spiro atoms. The summed E-state index contributed by atoms with van der Waals surface area (Å²) in [7, 11) is 0. The second-order valence-corrected chi connectivity index (χ2v) is 3.91. The third-order valence-electron chi connectivity index (χ3n) is 2.42. The van der Waals surface area contributed by atoms with Crippen LogP contribution in [-0.4, -0.2) is 35.1 Å². The fraction of sp³-hybridized carbons (Fsp3) is 0.333. The zero-order chi connectivity index (χ0) is 13.5. The molecule has 0 atom stereocenters. The lowest BCUT2D eigenvalue weighted by atomic mass is 10.2. The van der Waals surface area contributed by atoms with E-state index in [1.54, 1.807) is 0 Å². The number of benzene rings is 1. The van der Waals surface area contributed by atoms with Gasteiger partial charge in [-0.2, -0.15) is 0 Å². The Bertz CT molecular complexity index is 445. The number of likely N-dealkylation sites (N-methyl/N-ethyl adjacent to an activating group) is 1. The molecule has 98 valence electrons. The maximum atomic E-state index is 11.9. The third kappa shape index (κ3) is 3.97. The van der Waals surface area contributed by atoms with Crippen LogP contribution in [0, 0.1) is 6.92 Å². The van der Waals surface area contributed by atoms with Gasteiger partial charge in [0.25, 0.3) is 0 Å². The molecule has 0 heterocycles. The Labute approximate surface area is 106 Å². The van der Waals surface area contributed by atoms with Gasteiger partial charge < -0.3 is 21.2 Å². The van der Waals surface area contributed by atoms with Crippen LogP contribution in [0.2, 0.25) is 0 Å². The van der Waals surface area contributed by atoms with E-state index in [1.165, 1.54) is 4.90 Å². The van der Waals surface area contributed by atoms with Crippen LogP contribution in [-0.2, 0) is 0 Å². The smallest absolute Gasteiger partial charge is 0.322 e. The molecule has 6 nitrogen and oxygen atoms in total. The Hall–Kier alpha value is -2.24. The van der Waals surface area contributed by atoms with Gasteiger partial charge in [0.05, 0.1) is 6.54 Å². The first kappa shape index (κ1) is 13.8. The zero-order valence-electron chi connectivity index (χ0n) is 10.6. The van der Waals surface area contributed by atoms with E-state index in [2.05, 4.69) is 10.5 Å². The zero-order valence-corrected chi connectivity index (χ0v) is 10.6. The lowest BCUT2D eigenvalue weighted by molar-refractivity contribution is 0.220. The summed E-state index contributed by atoms with van der Waals surface area (Å²) < 4.78 is 0. The van der Waals surface area contributed by atoms with Crippen molar-refractivity contribution in [2.24, 2.45) is 10.9 Å². The highest BCUT2D eigenvalue weighted by molar-refractivity contribution is 5.93. The van der Waals surface area contributed by atoms with Gasteiger partial charge in [0.15, 0.2) is 5.84 Å². The molecule has 4 N–H and O–H groups in total. The van der Waals surface area contributed by atoms with Crippen molar-refractivity contribution in [1.29, 1.82) is 0 Å². The van der Waals surface area contributed by atoms with E-state index >= 15 is 0 Å². The first-order valence-corrected chi connectivity index (χ1v) is 5.65. The minimum Gasteiger partial charge on any atom is -0.409 e. The van der Waals surface area contributed by atoms with E-state index in [0.29, 0.717) is 6.54 Å². The molecular formula is C12H18N4O2. The normalized spacial score (nSPS) is 11.1. The molecule has 0 saturated heterocycles. The summed E-state index contributed by atoms with van der Waals surface area (Å²) in [5.74, 6) is -0.00348. The molecule has 0 aliphatic rings. The van der Waals surface area contributed by atoms with Gasteiger partial charge in [-0.25, -0.2) is 4.79 Å². The molecule has 0 saturated carbocycles. The topological polar surface area (TPSA) is 90.9 Å². The molecule has 18 heavy (non-hydrogen) atoms. The Balaban J connectivity index is 2.68. The van der Waals surface area contributed by atoms with Gasteiger partial charge in [-0.15, -0.1) is 0 Å². The molecule has 0 radical (unpaired) electrons. The number of carbonyl (C=O) groups excluding carboxylic acids is 1. The van der Waals surface area contributed by atoms with E-state index in [1.807, 2.05) is 38.1 Å². The number of hydrogen-bond acceptors (Lipinski definition) is 3. The van der Waals surface area contributed by atoms with Crippen molar-refractivity contribution >= 4 is 17.6 Å². The molecule has 0 aliphatic carbocycles. The van der Waals surface area contributed by atoms with E-state index in [0.717, 1.165) is 11.3 Å². The summed E-state index contributed by atoms with van der Waals surface area (Å²) in [6, 6.07) is 7.21. The molecule has 6 heteroatoms. The molecule has 1 rings (SSSR count). The number of nitrogens with zero attached hydrogens (tertiary/aromatic N) is 2. The lowest BCUT2D eigenvalue weighted by Gasteiger charge is -2.20. The first-order valence-electron chi connectivity index (χ1n) is 5.65. The lowest BCUT2D eigenvalue weighted by Crippen LogP contribution is -2.40. The molecule has 0 fully saturated rings. The number of nitrogens with one attached hydrogen (secondary N) is 1. The standard InChI is InChI=1S/C12H18N4O2/c1-3-16(8-11(13)15-18)12(17)14-10-6-4-5-9(2)7-10/h4-7,18H,3,8H2,1-2H3,(H2,13,15)(H,14,17). The van der Waals surface area contributed by atoms with Crippen LogP contribution in [0.1, 0.15) is 12.5 Å². The highest BCUT2D eigenvalue weighted by Gasteiger charge is 2.13. The molecule has 0 aromatic heterocycles. The molecular weight excluding hydrogens is 232 g/mol. The van der Waals surface area contributed by atoms with Crippen LogP contribution in [0.4, 0.5) is 10.5 Å². The first-order chi connectivity index (χ1) is 8.56. The summed E-state index contributed by atoms with van der Waals surface area (Å²) in [5, 5.41) is 14.1. The largest absolute Gasteiger partial charge is 0.409 e. The number of nitrogens with two attached hydrogens (primary N) is 1. The van der Waals surface area contributed by atoms with Crippen molar-refractivity contribution in [3.8, 4) is 0 Å². The fourth-order valence-electron chi connectivity index (χ4n) is 1.48. The number of carbonyl (C=O) groups is 1. The van der Waals surface area contributed by atoms with Gasteiger partial charge in [0, 0.05) is 12.2 Å². The predicted molar refractivity (Wildman–Crippen MR) is 70.9 cm³/mol. The summed E-state index contributed by atoms with van der Waals surface area (Å²) in [5.41, 5.74) is 7.17. The molecule has 0 bridgehead atoms. The van der Waals surface area contributed by atoms with Crippen molar-refractivity contribution in [3.05, 3.63) is 29.8 Å². The number of amides is 2.